The molecular formula is C62H94N18O17. The number of amides is 13. The van der Waals surface area contributed by atoms with E-state index in [-0.39, 0.29) is 75.2 Å². The van der Waals surface area contributed by atoms with E-state index in [9.17, 15) is 82.4 Å². The summed E-state index contributed by atoms with van der Waals surface area (Å²) in [5.74, 6) is -13.0. The molecule has 8 atom stereocenters. The quantitative estimate of drug-likeness (QED) is 0.0142. The molecule has 2 aromatic carbocycles. The minimum Gasteiger partial charge on any atom is -0.480 e. The van der Waals surface area contributed by atoms with Gasteiger partial charge in [-0.15, -0.1) is 0 Å². The minimum atomic E-state index is -1.71. The molecule has 534 valence electrons. The number of guanidine groups is 1. The summed E-state index contributed by atoms with van der Waals surface area (Å²) in [4.78, 5) is 191. The summed E-state index contributed by atoms with van der Waals surface area (Å²) in [5.41, 5.74) is 17.9. The van der Waals surface area contributed by atoms with Gasteiger partial charge in [-0.25, -0.2) is 4.79 Å². The molecule has 0 aliphatic heterocycles. The highest BCUT2D eigenvalue weighted by atomic mass is 16.4. The molecule has 0 fully saturated rings. The van der Waals surface area contributed by atoms with Crippen LogP contribution in [-0.2, 0) is 80.0 Å². The SMILES string of the molecule is CC(C)C[C@H](NC(=O)CNC(=O)[C@H](CO)NC(=O)[C@H](Cc1c[nH]c2ccccc12)NC(=O)CNC(=O)[C@H](Cc1ccccc1)NC(=O)CNC(=O)CNC(=O)[C@H](CC(C)C)NC(=O)CNC(=O)[C@H](CC(C)C)NC(=O)[C@@H](N)CO)C(=O)NCC(=O)N[C@@H](CCCN=C(N)N)C(=O)O. The number of aromatic amines is 1. The highest BCUT2D eigenvalue weighted by molar-refractivity contribution is 5.98. The first kappa shape index (κ1) is 80.9. The Morgan fingerprint density at radius 3 is 1.29 bits per heavy atom. The van der Waals surface area contributed by atoms with Crippen molar-refractivity contribution in [2.45, 2.75) is 135 Å². The topological polar surface area (TPSA) is 562 Å². The third kappa shape index (κ3) is 31.2. The number of hydrogen-bond acceptors (Lipinski definition) is 18. The number of para-hydroxylation sites is 1. The van der Waals surface area contributed by atoms with Gasteiger partial charge < -0.3 is 107 Å². The van der Waals surface area contributed by atoms with Crippen LogP contribution in [0.25, 0.3) is 10.9 Å². The molecule has 1 heterocycles. The average molecular weight is 1360 g/mol. The van der Waals surface area contributed by atoms with Gasteiger partial charge in [-0.1, -0.05) is 90.1 Å². The van der Waals surface area contributed by atoms with Crippen molar-refractivity contribution >= 4 is 99.6 Å². The second-order valence-corrected chi connectivity index (χ2v) is 24.0. The molecule has 13 amide bonds. The Balaban J connectivity index is 1.65. The van der Waals surface area contributed by atoms with Crippen LogP contribution in [0.1, 0.15) is 84.8 Å². The predicted molar refractivity (Wildman–Crippen MR) is 352 cm³/mol. The highest BCUT2D eigenvalue weighted by Gasteiger charge is 2.32. The molecular weight excluding hydrogens is 1270 g/mol. The van der Waals surface area contributed by atoms with Crippen molar-refractivity contribution in [2.24, 2.45) is 39.9 Å². The zero-order valence-electron chi connectivity index (χ0n) is 55.2. The third-order valence-electron chi connectivity index (χ3n) is 14.2. The molecule has 0 saturated heterocycles. The van der Waals surface area contributed by atoms with Crippen molar-refractivity contribution in [3.05, 3.63) is 71.9 Å². The number of aromatic nitrogens is 1. The van der Waals surface area contributed by atoms with Gasteiger partial charge in [-0.05, 0) is 67.1 Å². The van der Waals surface area contributed by atoms with E-state index in [0.29, 0.717) is 22.0 Å². The number of carboxylic acid groups (broad SMARTS) is 1. The Labute approximate surface area is 560 Å². The van der Waals surface area contributed by atoms with Crippen LogP contribution in [-0.4, -0.2) is 216 Å². The zero-order valence-corrected chi connectivity index (χ0v) is 55.2. The number of aliphatic imine (C=N–C) groups is 1. The monoisotopic (exact) mass is 1360 g/mol. The maximum absolute atomic E-state index is 14.1. The van der Waals surface area contributed by atoms with Crippen LogP contribution in [0.4, 0.5) is 0 Å². The number of H-pyrrole nitrogens is 1. The molecule has 35 heteroatoms. The molecule has 3 rings (SSSR count). The predicted octanol–water partition coefficient (Wildman–Crippen LogP) is -6.37. The Kier molecular flexibility index (Phi) is 35.2. The summed E-state index contributed by atoms with van der Waals surface area (Å²) >= 11 is 0. The van der Waals surface area contributed by atoms with Crippen molar-refractivity contribution < 1.29 is 82.4 Å². The first-order chi connectivity index (χ1) is 45.9. The van der Waals surface area contributed by atoms with Crippen LogP contribution < -0.4 is 86.3 Å². The number of rotatable bonds is 43. The second kappa shape index (κ2) is 42.2. The number of aliphatic carboxylic acids is 1. The molecule has 0 bridgehead atoms. The molecule has 1 aromatic heterocycles. The Bertz CT molecular complexity index is 3210. The lowest BCUT2D eigenvalue weighted by atomic mass is 10.0. The zero-order chi connectivity index (χ0) is 72.3. The number of nitrogens with zero attached hydrogens (tertiary/aromatic N) is 1. The van der Waals surface area contributed by atoms with E-state index in [1.807, 2.05) is 0 Å². The van der Waals surface area contributed by atoms with Crippen molar-refractivity contribution in [2.75, 3.05) is 59.0 Å². The van der Waals surface area contributed by atoms with E-state index in [1.165, 1.54) is 0 Å². The first-order valence-electron chi connectivity index (χ1n) is 31.5. The number of hydrogen-bond donors (Lipinski definition) is 20. The number of carbonyl (C=O) groups is 14. The van der Waals surface area contributed by atoms with Gasteiger partial charge in [0.25, 0.3) is 0 Å². The first-order valence-corrected chi connectivity index (χ1v) is 31.5. The summed E-state index contributed by atoms with van der Waals surface area (Å²) < 4.78 is 0. The number of carboxylic acids is 1. The standard InChI is InChI=1S/C62H94N18O17/c1-33(2)19-42(75-51(86)28-71-57(92)44(21-35(5)6)79-54(89)39(63)31-81)55(90)69-25-48(83)68-26-49(84)77-45(22-36-13-8-7-9-14-36)58(93)72-29-53(88)78-46(23-37-24-67-40-16-11-10-15-38(37)40)60(95)80-47(32-82)59(94)73-30-52(87)76-43(20-34(3)4)56(91)70-27-50(85)74-41(61(96)97)17-12-18-66-62(64)65/h7-11,13-16,24,33-35,39,41-47,67,81-82H,12,17-23,25-32,63H2,1-6H3,(H,68,83)(H,69,90)(H,70,91)(H,71,92)(H,72,93)(H,73,94)(H,74,85)(H,75,86)(H,76,87)(H,77,84)(H,78,88)(H,79,89)(H,80,95)(H,96,97)(H4,64,65,66)/t39-,41-,42-,43-,44-,45-,46-,47-/m0/s1. The smallest absolute Gasteiger partial charge is 0.326 e. The number of aliphatic hydroxyl groups is 2. The summed E-state index contributed by atoms with van der Waals surface area (Å²) in [6.07, 6.45) is 1.83. The molecule has 0 saturated carbocycles. The molecule has 3 aromatic rings. The van der Waals surface area contributed by atoms with Crippen LogP contribution in [0.3, 0.4) is 0 Å². The molecule has 0 radical (unpaired) electrons. The van der Waals surface area contributed by atoms with Crippen molar-refractivity contribution in [3.63, 3.8) is 0 Å². The van der Waals surface area contributed by atoms with E-state index in [4.69, 9.17) is 17.2 Å². The lowest BCUT2D eigenvalue weighted by Gasteiger charge is -2.23. The number of aliphatic hydroxyl groups excluding tert-OH is 2. The van der Waals surface area contributed by atoms with Crippen molar-refractivity contribution in [1.82, 2.24) is 74.1 Å². The molecule has 23 N–H and O–H groups in total. The van der Waals surface area contributed by atoms with Crippen LogP contribution in [0.15, 0.2) is 65.8 Å². The van der Waals surface area contributed by atoms with Crippen molar-refractivity contribution in [1.29, 1.82) is 0 Å². The third-order valence-corrected chi connectivity index (χ3v) is 14.2. The highest BCUT2D eigenvalue weighted by Crippen LogP contribution is 2.20. The fourth-order valence-electron chi connectivity index (χ4n) is 9.41. The second-order valence-electron chi connectivity index (χ2n) is 24.0. The minimum absolute atomic E-state index is 0.0260. The fraction of sp³-hybridized carbons (Fsp3) is 0.532. The molecule has 0 aliphatic carbocycles. The summed E-state index contributed by atoms with van der Waals surface area (Å²) in [5, 5.41) is 61.2. The summed E-state index contributed by atoms with van der Waals surface area (Å²) in [6.45, 7) is 4.98. The maximum Gasteiger partial charge on any atom is 0.326 e. The Morgan fingerprint density at radius 1 is 0.443 bits per heavy atom. The Hall–Kier alpha value is -10.3. The van der Waals surface area contributed by atoms with E-state index in [0.717, 1.165) is 0 Å². The molecule has 35 nitrogen and oxygen atoms in total. The van der Waals surface area contributed by atoms with Gasteiger partial charge in [0, 0.05) is 36.5 Å². The van der Waals surface area contributed by atoms with Crippen LogP contribution in [0, 0.1) is 17.8 Å². The molecule has 0 aliphatic rings. The number of nitrogens with two attached hydrogens (primary N) is 3. The van der Waals surface area contributed by atoms with Gasteiger partial charge in [0.15, 0.2) is 5.96 Å². The van der Waals surface area contributed by atoms with Gasteiger partial charge in [0.2, 0.25) is 76.8 Å². The van der Waals surface area contributed by atoms with Gasteiger partial charge in [-0.3, -0.25) is 67.3 Å². The van der Waals surface area contributed by atoms with Crippen LogP contribution >= 0.6 is 0 Å². The van der Waals surface area contributed by atoms with Gasteiger partial charge >= 0.3 is 5.97 Å². The molecule has 97 heavy (non-hydrogen) atoms. The number of fused-ring (bicyclic) bond motifs is 1. The number of carbonyl (C=O) groups excluding carboxylic acids is 13. The van der Waals surface area contributed by atoms with E-state index in [2.05, 4.69) is 79.1 Å². The average Bonchev–Trinajstić information content (AvgIpc) is 1.71. The van der Waals surface area contributed by atoms with E-state index < -0.39 is 184 Å². The van der Waals surface area contributed by atoms with Crippen molar-refractivity contribution in [3.8, 4) is 0 Å². The molecule has 0 unspecified atom stereocenters. The van der Waals surface area contributed by atoms with Gasteiger partial charge in [0.05, 0.1) is 52.5 Å². The largest absolute Gasteiger partial charge is 0.480 e. The molecule has 0 spiro atoms. The normalized spacial score (nSPS) is 13.5. The maximum atomic E-state index is 14.1. The number of nitrogens with one attached hydrogen (secondary N) is 14. The van der Waals surface area contributed by atoms with Crippen LogP contribution in [0.5, 0.6) is 0 Å². The van der Waals surface area contributed by atoms with E-state index >= 15 is 0 Å². The van der Waals surface area contributed by atoms with Gasteiger partial charge in [-0.2, -0.15) is 0 Å². The van der Waals surface area contributed by atoms with Gasteiger partial charge in [0.1, 0.15) is 48.3 Å². The lowest BCUT2D eigenvalue weighted by Crippen LogP contribution is -2.58. The van der Waals surface area contributed by atoms with Crippen LogP contribution in [0.2, 0.25) is 0 Å². The number of benzene rings is 2. The Morgan fingerprint density at radius 2 is 0.835 bits per heavy atom. The summed E-state index contributed by atoms with van der Waals surface area (Å²) in [6, 6.07) is 4.79. The van der Waals surface area contributed by atoms with E-state index in [1.54, 1.807) is 102 Å². The fourth-order valence-corrected chi connectivity index (χ4v) is 9.41. The summed E-state index contributed by atoms with van der Waals surface area (Å²) in [7, 11) is 0. The lowest BCUT2D eigenvalue weighted by molar-refractivity contribution is -0.142.